The third-order valence-electron chi connectivity index (χ3n) is 1.74. The van der Waals surface area contributed by atoms with Crippen LogP contribution in [0.2, 0.25) is 0 Å². The van der Waals surface area contributed by atoms with Crippen molar-refractivity contribution in [1.82, 2.24) is 0 Å². The molecule has 74 valence electrons. The quantitative estimate of drug-likeness (QED) is 0.466. The molecule has 1 atom stereocenters. The van der Waals surface area contributed by atoms with Crippen LogP contribution >= 0.6 is 0 Å². The monoisotopic (exact) mass is 182 g/mol. The first-order chi connectivity index (χ1) is 6.16. The minimum absolute atomic E-state index is 0.232. The van der Waals surface area contributed by atoms with Crippen molar-refractivity contribution in [2.75, 3.05) is 6.61 Å². The van der Waals surface area contributed by atoms with Crippen molar-refractivity contribution in [1.29, 1.82) is 0 Å². The Bertz CT molecular complexity index is 183. The van der Waals surface area contributed by atoms with Gasteiger partial charge >= 0.3 is 5.97 Å². The van der Waals surface area contributed by atoms with E-state index in [9.17, 15) is 4.79 Å². The van der Waals surface area contributed by atoms with Gasteiger partial charge < -0.3 is 4.74 Å². The summed E-state index contributed by atoms with van der Waals surface area (Å²) >= 11 is 0. The normalized spacial score (nSPS) is 12.8. The van der Waals surface area contributed by atoms with Crippen LogP contribution in [0.5, 0.6) is 0 Å². The first-order valence-electron chi connectivity index (χ1n) is 4.57. The highest BCUT2D eigenvalue weighted by atomic mass is 16.5. The fraction of sp³-hybridized carbons (Fsp3) is 0.545. The molecule has 1 unspecified atom stereocenters. The molecular weight excluding hydrogens is 164 g/mol. The molecule has 2 heteroatoms. The maximum absolute atomic E-state index is 10.4. The second kappa shape index (κ2) is 7.59. The van der Waals surface area contributed by atoms with E-state index in [4.69, 9.17) is 4.74 Å². The van der Waals surface area contributed by atoms with Gasteiger partial charge in [0.15, 0.2) is 0 Å². The van der Waals surface area contributed by atoms with Crippen molar-refractivity contribution in [2.45, 2.75) is 26.7 Å². The van der Waals surface area contributed by atoms with E-state index in [-0.39, 0.29) is 5.97 Å². The highest BCUT2D eigenvalue weighted by molar-refractivity contribution is 5.65. The number of esters is 1. The minimum Gasteiger partial charge on any atom is -0.462 e. The lowest BCUT2D eigenvalue weighted by atomic mass is 10.1. The van der Waals surface area contributed by atoms with Gasteiger partial charge in [-0.25, -0.2) is 0 Å². The van der Waals surface area contributed by atoms with E-state index in [1.807, 2.05) is 18.2 Å². The van der Waals surface area contributed by atoms with Crippen LogP contribution < -0.4 is 0 Å². The third-order valence-corrected chi connectivity index (χ3v) is 1.74. The molecule has 0 heterocycles. The zero-order chi connectivity index (χ0) is 10.1. The summed E-state index contributed by atoms with van der Waals surface area (Å²) < 4.78 is 4.73. The molecule has 0 aliphatic heterocycles. The summed E-state index contributed by atoms with van der Waals surface area (Å²) in [5, 5.41) is 0. The summed E-state index contributed by atoms with van der Waals surface area (Å²) in [5.41, 5.74) is 0. The lowest BCUT2D eigenvalue weighted by Gasteiger charge is -2.00. The Morgan fingerprint density at radius 1 is 1.54 bits per heavy atom. The fourth-order valence-electron chi connectivity index (χ4n) is 0.828. The molecule has 0 rings (SSSR count). The van der Waals surface area contributed by atoms with Gasteiger partial charge in [0.1, 0.15) is 6.61 Å². The van der Waals surface area contributed by atoms with E-state index in [0.717, 1.165) is 12.8 Å². The summed E-state index contributed by atoms with van der Waals surface area (Å²) in [6, 6.07) is 0. The predicted octanol–water partition coefficient (Wildman–Crippen LogP) is 2.71. The van der Waals surface area contributed by atoms with Crippen molar-refractivity contribution < 1.29 is 9.53 Å². The molecule has 0 spiro atoms. The molecule has 0 aromatic carbocycles. The number of ether oxygens (including phenoxy) is 1. The van der Waals surface area contributed by atoms with E-state index >= 15 is 0 Å². The highest BCUT2D eigenvalue weighted by Gasteiger charge is 1.92. The summed E-state index contributed by atoms with van der Waals surface area (Å²) in [5.74, 6) is 0.322. The Morgan fingerprint density at radius 2 is 2.23 bits per heavy atom. The molecule has 0 aromatic rings. The van der Waals surface area contributed by atoms with Gasteiger partial charge in [-0.15, -0.1) is 6.58 Å². The van der Waals surface area contributed by atoms with E-state index in [2.05, 4.69) is 13.5 Å². The number of carbonyl (C=O) groups excluding carboxylic acids is 1. The number of rotatable bonds is 6. The largest absolute Gasteiger partial charge is 0.462 e. The van der Waals surface area contributed by atoms with Crippen LogP contribution in [0.25, 0.3) is 0 Å². The van der Waals surface area contributed by atoms with Gasteiger partial charge in [-0.1, -0.05) is 25.2 Å². The summed E-state index contributed by atoms with van der Waals surface area (Å²) in [4.78, 5) is 10.4. The van der Waals surface area contributed by atoms with E-state index < -0.39 is 0 Å². The van der Waals surface area contributed by atoms with Crippen LogP contribution in [0.4, 0.5) is 0 Å². The van der Waals surface area contributed by atoms with Crippen molar-refractivity contribution in [3.63, 3.8) is 0 Å². The van der Waals surface area contributed by atoms with Crippen molar-refractivity contribution >= 4 is 5.97 Å². The molecule has 0 saturated carbocycles. The predicted molar refractivity (Wildman–Crippen MR) is 54.4 cm³/mol. The lowest BCUT2D eigenvalue weighted by molar-refractivity contribution is -0.139. The number of allylic oxidation sites excluding steroid dienone is 2. The smallest absolute Gasteiger partial charge is 0.302 e. The molecule has 0 aromatic heterocycles. The van der Waals surface area contributed by atoms with E-state index in [1.54, 1.807) is 0 Å². The second-order valence-electron chi connectivity index (χ2n) is 3.06. The van der Waals surface area contributed by atoms with Crippen LogP contribution in [0.15, 0.2) is 24.8 Å². The highest BCUT2D eigenvalue weighted by Crippen LogP contribution is 2.05. The van der Waals surface area contributed by atoms with Gasteiger partial charge in [0.05, 0.1) is 0 Å². The average Bonchev–Trinajstić information content (AvgIpc) is 2.10. The SMILES string of the molecule is C=CC(C)CC/C=C/COC(C)=O. The van der Waals surface area contributed by atoms with E-state index in [1.165, 1.54) is 6.92 Å². The van der Waals surface area contributed by atoms with Crippen LogP contribution in [-0.2, 0) is 9.53 Å². The molecular formula is C11H18O2. The Hall–Kier alpha value is -1.05. The van der Waals surface area contributed by atoms with Crippen LogP contribution in [0, 0.1) is 5.92 Å². The first kappa shape index (κ1) is 11.9. The van der Waals surface area contributed by atoms with Crippen molar-refractivity contribution in [3.8, 4) is 0 Å². The molecule has 0 bridgehead atoms. The van der Waals surface area contributed by atoms with Gasteiger partial charge in [-0.2, -0.15) is 0 Å². The summed E-state index contributed by atoms with van der Waals surface area (Å²) in [6.45, 7) is 7.63. The molecule has 2 nitrogen and oxygen atoms in total. The number of hydrogen-bond acceptors (Lipinski definition) is 2. The Kier molecular flexibility index (Phi) is 6.98. The first-order valence-corrected chi connectivity index (χ1v) is 4.57. The standard InChI is InChI=1S/C11H18O2/c1-4-10(2)8-6-5-7-9-13-11(3)12/h4-5,7,10H,1,6,8-9H2,2-3H3/b7-5+. The molecule has 13 heavy (non-hydrogen) atoms. The van der Waals surface area contributed by atoms with Gasteiger partial charge in [0, 0.05) is 6.92 Å². The Morgan fingerprint density at radius 3 is 2.77 bits per heavy atom. The number of carbonyl (C=O) groups is 1. The zero-order valence-corrected chi connectivity index (χ0v) is 8.45. The maximum atomic E-state index is 10.4. The molecule has 0 saturated heterocycles. The minimum atomic E-state index is -0.232. The molecule has 0 radical (unpaired) electrons. The molecule has 0 aliphatic carbocycles. The Balaban J connectivity index is 3.31. The summed E-state index contributed by atoms with van der Waals surface area (Å²) in [6.07, 6.45) is 7.95. The third kappa shape index (κ3) is 8.86. The molecule has 0 N–H and O–H groups in total. The second-order valence-corrected chi connectivity index (χ2v) is 3.06. The summed E-state index contributed by atoms with van der Waals surface area (Å²) in [7, 11) is 0. The molecule has 0 amide bonds. The van der Waals surface area contributed by atoms with Crippen LogP contribution in [0.3, 0.4) is 0 Å². The van der Waals surface area contributed by atoms with Crippen LogP contribution in [0.1, 0.15) is 26.7 Å². The van der Waals surface area contributed by atoms with Gasteiger partial charge in [0.2, 0.25) is 0 Å². The van der Waals surface area contributed by atoms with E-state index in [0.29, 0.717) is 12.5 Å². The van der Waals surface area contributed by atoms with Crippen molar-refractivity contribution in [2.24, 2.45) is 5.92 Å². The van der Waals surface area contributed by atoms with Gasteiger partial charge in [-0.3, -0.25) is 4.79 Å². The van der Waals surface area contributed by atoms with Gasteiger partial charge in [-0.05, 0) is 18.8 Å². The van der Waals surface area contributed by atoms with Gasteiger partial charge in [0.25, 0.3) is 0 Å². The molecule has 0 aliphatic rings. The average molecular weight is 182 g/mol. The van der Waals surface area contributed by atoms with Crippen LogP contribution in [-0.4, -0.2) is 12.6 Å². The Labute approximate surface area is 80.3 Å². The lowest BCUT2D eigenvalue weighted by Crippen LogP contribution is -1.97. The fourth-order valence-corrected chi connectivity index (χ4v) is 0.828. The maximum Gasteiger partial charge on any atom is 0.302 e. The molecule has 0 fully saturated rings. The topological polar surface area (TPSA) is 26.3 Å². The van der Waals surface area contributed by atoms with Crippen molar-refractivity contribution in [3.05, 3.63) is 24.8 Å². The number of hydrogen-bond donors (Lipinski definition) is 0. The zero-order valence-electron chi connectivity index (χ0n) is 8.45.